The van der Waals surface area contributed by atoms with E-state index in [-0.39, 0.29) is 11.9 Å². The third kappa shape index (κ3) is 11.4. The van der Waals surface area contributed by atoms with Gasteiger partial charge in [0, 0.05) is 11.0 Å². The Hall–Kier alpha value is -2.73. The molecular weight excluding hydrogens is 448 g/mol. The van der Waals surface area contributed by atoms with E-state index in [4.69, 9.17) is 14.2 Å². The highest BCUT2D eigenvalue weighted by Crippen LogP contribution is 2.23. The lowest BCUT2D eigenvalue weighted by Gasteiger charge is -2.08. The van der Waals surface area contributed by atoms with Gasteiger partial charge in [-0.15, -0.1) is 11.8 Å². The van der Waals surface area contributed by atoms with Crippen LogP contribution in [-0.2, 0) is 9.53 Å². The third-order valence-electron chi connectivity index (χ3n) is 5.11. The summed E-state index contributed by atoms with van der Waals surface area (Å²) in [5.74, 6) is 1.61. The minimum Gasteiger partial charge on any atom is -0.494 e. The number of carbonyl (C=O) groups excluding carboxylic acids is 2. The fourth-order valence-corrected chi connectivity index (χ4v) is 4.07. The molecule has 0 N–H and O–H groups in total. The van der Waals surface area contributed by atoms with E-state index >= 15 is 0 Å². The van der Waals surface area contributed by atoms with Gasteiger partial charge in [-0.3, -0.25) is 0 Å². The van der Waals surface area contributed by atoms with Crippen LogP contribution in [0, 0.1) is 0 Å². The molecule has 0 saturated heterocycles. The van der Waals surface area contributed by atoms with Crippen LogP contribution in [0.15, 0.2) is 66.1 Å². The number of esters is 2. The highest BCUT2D eigenvalue weighted by Gasteiger charge is 2.09. The smallest absolute Gasteiger partial charge is 0.343 e. The van der Waals surface area contributed by atoms with E-state index < -0.39 is 0 Å². The quantitative estimate of drug-likeness (QED) is 0.0775. The Balaban J connectivity index is 1.64. The van der Waals surface area contributed by atoms with Crippen LogP contribution in [-0.4, -0.2) is 30.9 Å². The molecule has 34 heavy (non-hydrogen) atoms. The maximum atomic E-state index is 12.4. The molecule has 0 radical (unpaired) electrons. The summed E-state index contributed by atoms with van der Waals surface area (Å²) in [5, 5.41) is 0. The molecule has 2 aromatic carbocycles. The number of carbonyl (C=O) groups is 2. The number of unbranched alkanes of at least 4 members (excludes halogenated alkanes) is 6. The molecule has 0 saturated carbocycles. The molecule has 0 amide bonds. The van der Waals surface area contributed by atoms with Crippen molar-refractivity contribution in [2.24, 2.45) is 0 Å². The standard InChI is InChI=1S/C28H36O5S/c1-3-5-6-11-22-34-26-18-16-25(17-19-26)33-28(30)23-12-14-24(15-13-23)31-20-9-7-8-10-21-32-27(29)4-2/h4,12-19H,2-3,5-11,20-22H2,1H3. The van der Waals surface area contributed by atoms with Crippen LogP contribution in [0.25, 0.3) is 0 Å². The number of rotatable bonds is 17. The minimum atomic E-state index is -0.385. The lowest BCUT2D eigenvalue weighted by atomic mass is 10.2. The third-order valence-corrected chi connectivity index (χ3v) is 6.21. The fourth-order valence-electron chi connectivity index (χ4n) is 3.16. The highest BCUT2D eigenvalue weighted by atomic mass is 32.2. The lowest BCUT2D eigenvalue weighted by Crippen LogP contribution is -2.08. The first-order valence-electron chi connectivity index (χ1n) is 12.1. The van der Waals surface area contributed by atoms with Crippen molar-refractivity contribution in [1.29, 1.82) is 0 Å². The largest absolute Gasteiger partial charge is 0.494 e. The Morgan fingerprint density at radius 2 is 1.47 bits per heavy atom. The van der Waals surface area contributed by atoms with Crippen molar-refractivity contribution < 1.29 is 23.8 Å². The van der Waals surface area contributed by atoms with Crippen molar-refractivity contribution in [3.63, 3.8) is 0 Å². The molecule has 0 unspecified atom stereocenters. The van der Waals surface area contributed by atoms with E-state index in [1.54, 1.807) is 24.3 Å². The van der Waals surface area contributed by atoms with Crippen LogP contribution in [0.4, 0.5) is 0 Å². The first-order chi connectivity index (χ1) is 16.6. The van der Waals surface area contributed by atoms with Crippen molar-refractivity contribution in [2.45, 2.75) is 63.2 Å². The Labute approximate surface area is 207 Å². The summed E-state index contributed by atoms with van der Waals surface area (Å²) >= 11 is 1.84. The number of benzene rings is 2. The van der Waals surface area contributed by atoms with Gasteiger partial charge in [0.2, 0.25) is 0 Å². The molecule has 2 rings (SSSR count). The van der Waals surface area contributed by atoms with E-state index in [2.05, 4.69) is 13.5 Å². The van der Waals surface area contributed by atoms with Gasteiger partial charge in [-0.05, 0) is 86.4 Å². The van der Waals surface area contributed by atoms with Crippen LogP contribution in [0.1, 0.15) is 68.6 Å². The van der Waals surface area contributed by atoms with E-state index in [9.17, 15) is 9.59 Å². The number of ether oxygens (including phenoxy) is 3. The monoisotopic (exact) mass is 484 g/mol. The molecule has 0 bridgehead atoms. The molecule has 5 nitrogen and oxygen atoms in total. The first kappa shape index (κ1) is 27.5. The van der Waals surface area contributed by atoms with Crippen LogP contribution >= 0.6 is 11.8 Å². The van der Waals surface area contributed by atoms with Crippen LogP contribution in [0.5, 0.6) is 11.5 Å². The summed E-state index contributed by atoms with van der Waals surface area (Å²) in [4.78, 5) is 24.6. The summed E-state index contributed by atoms with van der Waals surface area (Å²) < 4.78 is 16.2. The zero-order chi connectivity index (χ0) is 24.4. The topological polar surface area (TPSA) is 61.8 Å². The van der Waals surface area contributed by atoms with Gasteiger partial charge < -0.3 is 14.2 Å². The second kappa shape index (κ2) is 16.8. The predicted octanol–water partition coefficient (Wildman–Crippen LogP) is 7.25. The van der Waals surface area contributed by atoms with Gasteiger partial charge in [-0.1, -0.05) is 32.8 Å². The molecule has 184 valence electrons. The molecule has 2 aromatic rings. The van der Waals surface area contributed by atoms with Gasteiger partial charge in [0.25, 0.3) is 0 Å². The van der Waals surface area contributed by atoms with Crippen LogP contribution in [0.3, 0.4) is 0 Å². The van der Waals surface area contributed by atoms with E-state index in [0.717, 1.165) is 37.2 Å². The normalized spacial score (nSPS) is 10.5. The van der Waals surface area contributed by atoms with Gasteiger partial charge in [-0.2, -0.15) is 0 Å². The Kier molecular flexibility index (Phi) is 13.6. The Bertz CT molecular complexity index is 861. The zero-order valence-corrected chi connectivity index (χ0v) is 20.9. The first-order valence-corrected chi connectivity index (χ1v) is 13.1. The average molecular weight is 485 g/mol. The van der Waals surface area contributed by atoms with Crippen molar-refractivity contribution in [1.82, 2.24) is 0 Å². The van der Waals surface area contributed by atoms with Crippen LogP contribution in [0.2, 0.25) is 0 Å². The minimum absolute atomic E-state index is 0.379. The second-order valence-electron chi connectivity index (χ2n) is 7.93. The van der Waals surface area contributed by atoms with Gasteiger partial charge in [-0.25, -0.2) is 9.59 Å². The Morgan fingerprint density at radius 3 is 2.15 bits per heavy atom. The van der Waals surface area contributed by atoms with Gasteiger partial charge in [0.1, 0.15) is 11.5 Å². The maximum Gasteiger partial charge on any atom is 0.343 e. The predicted molar refractivity (Wildman–Crippen MR) is 138 cm³/mol. The summed E-state index contributed by atoms with van der Waals surface area (Å²) in [6.07, 6.45) is 9.92. The molecule has 0 fully saturated rings. The maximum absolute atomic E-state index is 12.4. The SMILES string of the molecule is C=CC(=O)OCCCCCCOc1ccc(C(=O)Oc2ccc(SCCCCCC)cc2)cc1. The van der Waals surface area contributed by atoms with Crippen molar-refractivity contribution in [3.8, 4) is 11.5 Å². The molecule has 0 aromatic heterocycles. The number of thioether (sulfide) groups is 1. The van der Waals surface area contributed by atoms with E-state index in [0.29, 0.717) is 24.5 Å². The summed E-state index contributed by atoms with van der Waals surface area (Å²) in [6.45, 7) is 6.60. The second-order valence-corrected chi connectivity index (χ2v) is 9.10. The van der Waals surface area contributed by atoms with Crippen molar-refractivity contribution >= 4 is 23.7 Å². The van der Waals surface area contributed by atoms with Crippen LogP contribution < -0.4 is 9.47 Å². The molecule has 6 heteroatoms. The number of hydrogen-bond donors (Lipinski definition) is 0. The summed E-state index contributed by atoms with van der Waals surface area (Å²) in [6, 6.07) is 14.7. The molecule has 0 atom stereocenters. The van der Waals surface area contributed by atoms with Gasteiger partial charge >= 0.3 is 11.9 Å². The molecule has 0 aliphatic carbocycles. The molecule has 0 spiro atoms. The molecule has 0 aliphatic rings. The average Bonchev–Trinajstić information content (AvgIpc) is 2.86. The number of hydrogen-bond acceptors (Lipinski definition) is 6. The Morgan fingerprint density at radius 1 is 0.824 bits per heavy atom. The molecular formula is C28H36O5S. The van der Waals surface area contributed by atoms with E-state index in [1.807, 2.05) is 36.0 Å². The van der Waals surface area contributed by atoms with Gasteiger partial charge in [0.05, 0.1) is 18.8 Å². The van der Waals surface area contributed by atoms with Crippen molar-refractivity contribution in [2.75, 3.05) is 19.0 Å². The van der Waals surface area contributed by atoms with Gasteiger partial charge in [0.15, 0.2) is 0 Å². The summed E-state index contributed by atoms with van der Waals surface area (Å²) in [5.41, 5.74) is 0.482. The highest BCUT2D eigenvalue weighted by molar-refractivity contribution is 7.99. The fraction of sp³-hybridized carbons (Fsp3) is 0.429. The molecule has 0 heterocycles. The van der Waals surface area contributed by atoms with E-state index in [1.165, 1.54) is 36.7 Å². The summed E-state index contributed by atoms with van der Waals surface area (Å²) in [7, 11) is 0. The lowest BCUT2D eigenvalue weighted by molar-refractivity contribution is -0.137. The zero-order valence-electron chi connectivity index (χ0n) is 20.1. The van der Waals surface area contributed by atoms with Crippen molar-refractivity contribution in [3.05, 3.63) is 66.7 Å². The molecule has 0 aliphatic heterocycles.